The summed E-state index contributed by atoms with van der Waals surface area (Å²) in [4.78, 5) is 84.6. The number of ether oxygens (including phenoxy) is 7. The van der Waals surface area contributed by atoms with Gasteiger partial charge < -0.3 is 62.6 Å². The molecule has 7 aliphatic rings. The molecule has 0 bridgehead atoms. The first kappa shape index (κ1) is 109. The fourth-order valence-corrected chi connectivity index (χ4v) is 17.7. The monoisotopic (exact) mass is 2060 g/mol. The average Bonchev–Trinajstić information content (AvgIpc) is 1.62. The molecule has 13 aromatic rings. The smallest absolute Gasteiger partial charge is 0.254 e. The SMILES string of the molecule is CC(C)(C)CCC(=O)N1CCn2nc(OCc3ccccc3)cc2C1.CC(C)(C)CCC(=O)N1CCn2nc(OCc3ccccc3)cc2C1.CC(F)(F)CC(=O)N1CCn2nc(OCc3ccccc3)cc2C1.CC(F)(F)CCC(=O)N1CCn2nc(OCc3ccccc3)cc2C1.CCOCC(=O)N1CCn2nc(OCc3ccccc3)cc2C1.O=C(C1CC1c1ccccc1)N1CCn2nc(OCc3ccccc3)cc2C1. The van der Waals surface area contributed by atoms with E-state index in [0.717, 1.165) is 133 Å². The van der Waals surface area contributed by atoms with Crippen LogP contribution in [0.4, 0.5) is 17.6 Å². The molecule has 1 fully saturated rings. The number of hydrogen-bond donors (Lipinski definition) is 0. The van der Waals surface area contributed by atoms with Gasteiger partial charge in [-0.1, -0.05) is 254 Å². The molecule has 1 saturated carbocycles. The first-order valence-electron chi connectivity index (χ1n) is 51.6. The Morgan fingerprint density at radius 3 is 0.773 bits per heavy atom. The molecule has 35 heteroatoms. The summed E-state index contributed by atoms with van der Waals surface area (Å²) in [6.45, 7) is 30.6. The molecular weight excluding hydrogens is 1920 g/mol. The van der Waals surface area contributed by atoms with Crippen LogP contribution in [0.15, 0.2) is 249 Å². The van der Waals surface area contributed by atoms with Gasteiger partial charge in [0, 0.05) is 114 Å². The van der Waals surface area contributed by atoms with E-state index in [2.05, 4.69) is 84.3 Å². The first-order chi connectivity index (χ1) is 72.2. The van der Waals surface area contributed by atoms with Crippen LogP contribution in [-0.2, 0) is 152 Å². The lowest BCUT2D eigenvalue weighted by molar-refractivity contribution is -0.139. The van der Waals surface area contributed by atoms with Crippen molar-refractivity contribution in [3.63, 3.8) is 0 Å². The van der Waals surface area contributed by atoms with Crippen LogP contribution in [-0.4, -0.2) is 188 Å². The number of halogens is 4. The fraction of sp³-hybridized carbons (Fsp3) is 0.426. The minimum Gasteiger partial charge on any atom is -0.472 e. The highest BCUT2D eigenvalue weighted by molar-refractivity contribution is 5.83. The molecule has 150 heavy (non-hydrogen) atoms. The predicted octanol–water partition coefficient (Wildman–Crippen LogP) is 18.8. The van der Waals surface area contributed by atoms with Gasteiger partial charge in [0.2, 0.25) is 76.6 Å². The van der Waals surface area contributed by atoms with Gasteiger partial charge in [-0.25, -0.2) is 17.6 Å². The maximum atomic E-state index is 13.0. The van der Waals surface area contributed by atoms with Crippen molar-refractivity contribution in [2.24, 2.45) is 16.7 Å². The lowest BCUT2D eigenvalue weighted by Crippen LogP contribution is -2.40. The van der Waals surface area contributed by atoms with Crippen molar-refractivity contribution in [1.82, 2.24) is 88.1 Å². The predicted molar refractivity (Wildman–Crippen MR) is 557 cm³/mol. The normalized spacial score (nSPS) is 15.4. The minimum atomic E-state index is -2.99. The van der Waals surface area contributed by atoms with E-state index in [1.54, 1.807) is 31.3 Å². The Morgan fingerprint density at radius 1 is 0.293 bits per heavy atom. The quantitative estimate of drug-likeness (QED) is 0.0354. The summed E-state index contributed by atoms with van der Waals surface area (Å²) in [7, 11) is 0. The lowest BCUT2D eigenvalue weighted by atomic mass is 9.90. The molecule has 31 nitrogen and oxygen atoms in total. The topological polar surface area (TPSA) is 293 Å². The van der Waals surface area contributed by atoms with Crippen molar-refractivity contribution >= 4 is 35.4 Å². The second-order valence-corrected chi connectivity index (χ2v) is 41.1. The Labute approximate surface area is 874 Å². The van der Waals surface area contributed by atoms with Gasteiger partial charge in [0.15, 0.2) is 0 Å². The molecule has 0 spiro atoms. The minimum absolute atomic E-state index is 0.0195. The van der Waals surface area contributed by atoms with Crippen LogP contribution in [0.5, 0.6) is 35.3 Å². The molecule has 0 saturated heterocycles. The summed E-state index contributed by atoms with van der Waals surface area (Å²) in [6.07, 6.45) is 2.66. The Hall–Kier alpha value is -14.9. The van der Waals surface area contributed by atoms with Crippen molar-refractivity contribution in [2.75, 3.05) is 52.5 Å². The van der Waals surface area contributed by atoms with Crippen LogP contribution in [0.1, 0.15) is 193 Å². The van der Waals surface area contributed by atoms with Crippen molar-refractivity contribution in [3.8, 4) is 35.3 Å². The molecule has 6 amide bonds. The number of carbonyl (C=O) groups excluding carboxylic acids is 6. The maximum absolute atomic E-state index is 13.0. The van der Waals surface area contributed by atoms with Crippen LogP contribution in [0.2, 0.25) is 0 Å². The summed E-state index contributed by atoms with van der Waals surface area (Å²) in [5, 5.41) is 26.7. The summed E-state index contributed by atoms with van der Waals surface area (Å²) in [6, 6.07) is 81.3. The molecule has 6 aromatic heterocycles. The summed E-state index contributed by atoms with van der Waals surface area (Å²) in [5.74, 6) is -1.86. The van der Waals surface area contributed by atoms with Gasteiger partial charge in [-0.3, -0.25) is 56.9 Å². The van der Waals surface area contributed by atoms with Crippen molar-refractivity contribution in [3.05, 3.63) is 322 Å². The zero-order chi connectivity index (χ0) is 106. The number of benzene rings is 7. The zero-order valence-corrected chi connectivity index (χ0v) is 87.2. The van der Waals surface area contributed by atoms with Gasteiger partial charge in [0.1, 0.15) is 46.2 Å². The van der Waals surface area contributed by atoms with Gasteiger partial charge in [-0.05, 0) is 95.7 Å². The number of carbonyl (C=O) groups is 6. The van der Waals surface area contributed by atoms with Gasteiger partial charge in [-0.15, -0.1) is 30.6 Å². The number of amides is 6. The Balaban J connectivity index is 0.000000135. The maximum Gasteiger partial charge on any atom is 0.254 e. The van der Waals surface area contributed by atoms with E-state index < -0.39 is 30.6 Å². The largest absolute Gasteiger partial charge is 0.472 e. The molecule has 0 radical (unpaired) electrons. The summed E-state index contributed by atoms with van der Waals surface area (Å²) < 4.78 is 103. The number of nitrogens with zero attached hydrogens (tertiary/aromatic N) is 18. The fourth-order valence-electron chi connectivity index (χ4n) is 17.7. The van der Waals surface area contributed by atoms with E-state index in [0.29, 0.717) is 179 Å². The van der Waals surface area contributed by atoms with Crippen LogP contribution < -0.4 is 28.4 Å². The molecule has 12 heterocycles. The Kier molecular flexibility index (Phi) is 37.8. The average molecular weight is 2060 g/mol. The number of aromatic nitrogens is 12. The molecule has 20 rings (SSSR count). The zero-order valence-electron chi connectivity index (χ0n) is 87.2. The van der Waals surface area contributed by atoms with E-state index in [-0.39, 0.29) is 65.9 Å². The molecule has 0 N–H and O–H groups in total. The van der Waals surface area contributed by atoms with Gasteiger partial charge in [0.05, 0.1) is 119 Å². The Bertz CT molecular complexity index is 6200. The number of fused-ring (bicyclic) bond motifs is 6. The second-order valence-electron chi connectivity index (χ2n) is 41.1. The summed E-state index contributed by atoms with van der Waals surface area (Å²) >= 11 is 0. The second kappa shape index (κ2) is 51.8. The van der Waals surface area contributed by atoms with Crippen LogP contribution >= 0.6 is 0 Å². The Morgan fingerprint density at radius 2 is 0.527 bits per heavy atom. The highest BCUT2D eigenvalue weighted by atomic mass is 19.3. The van der Waals surface area contributed by atoms with E-state index in [1.807, 2.05) is 265 Å². The molecule has 1 aliphatic carbocycles. The molecule has 2 unspecified atom stereocenters. The van der Waals surface area contributed by atoms with Crippen LogP contribution in [0.25, 0.3) is 0 Å². The van der Waals surface area contributed by atoms with Crippen molar-refractivity contribution in [2.45, 2.75) is 250 Å². The van der Waals surface area contributed by atoms with E-state index in [1.165, 1.54) is 10.5 Å². The van der Waals surface area contributed by atoms with Crippen molar-refractivity contribution in [1.29, 1.82) is 0 Å². The highest BCUT2D eigenvalue weighted by Gasteiger charge is 2.46. The molecular formula is C115H138F4N18O13. The summed E-state index contributed by atoms with van der Waals surface area (Å²) in [5.41, 5.74) is 13.9. The van der Waals surface area contributed by atoms with E-state index in [9.17, 15) is 46.3 Å². The number of hydrogen-bond acceptors (Lipinski definition) is 19. The third kappa shape index (κ3) is 33.8. The van der Waals surface area contributed by atoms with Crippen molar-refractivity contribution < 1.29 is 79.5 Å². The molecule has 6 aliphatic heterocycles. The van der Waals surface area contributed by atoms with Crippen LogP contribution in [0.3, 0.4) is 0 Å². The molecule has 7 aromatic carbocycles. The first-order valence-corrected chi connectivity index (χ1v) is 51.6. The van der Waals surface area contributed by atoms with Gasteiger partial charge in [-0.2, -0.15) is 0 Å². The number of rotatable bonds is 32. The molecule has 794 valence electrons. The third-order valence-electron chi connectivity index (χ3n) is 26.3. The van der Waals surface area contributed by atoms with Gasteiger partial charge >= 0.3 is 0 Å². The van der Waals surface area contributed by atoms with E-state index >= 15 is 0 Å². The number of alkyl halides is 4. The van der Waals surface area contributed by atoms with Crippen LogP contribution in [0, 0.1) is 16.7 Å². The van der Waals surface area contributed by atoms with Gasteiger partial charge in [0.25, 0.3) is 5.92 Å². The standard InChI is InChI=1S/C23H23N3O2.2C20H27N3O2.C18H21F2N3O2.C17H19F2N3O2.C17H21N3O3/c27-23(21-14-20(21)18-9-5-2-6-10-18)25-11-12-26-19(15-25)13-22(24-26)28-16-17-7-3-1-4-8-17;2*1-20(2,3)10-9-19(24)22-11-12-23-17(14-22)13-18(21-23)25-15-16-7-5-4-6-8-16;1-18(19,20)8-7-17(24)22-9-10-23-15(12-22)11-16(21-23)25-13-14-5-3-2-4-6-14;1-17(18,19)10-16(23)21-7-8-22-14(11-21)9-15(20-22)24-12-13-5-3-2-4-6-13;1-2-22-13-17(21)19-8-9-20-15(11-19)10-16(18-20)23-12-14-6-4-3-5-7-14/h1-10,13,20-21H,11-12,14-16H2;2*4-8,13H,9-12,14-15H2,1-3H3;2-6,11H,7-10,12-13H2,1H3;2-6,9H,7-8,10-12H2,1H3;3-7,10H,2,8-9,11-13H2,1H3. The van der Waals surface area contributed by atoms with E-state index in [4.69, 9.17) is 33.2 Å². The molecule has 2 atom stereocenters. The highest BCUT2D eigenvalue weighted by Crippen LogP contribution is 2.49. The third-order valence-corrected chi connectivity index (χ3v) is 26.3. The lowest BCUT2D eigenvalue weighted by Gasteiger charge is -2.28.